The number of aromatic nitrogens is 1. The summed E-state index contributed by atoms with van der Waals surface area (Å²) in [6, 6.07) is 6.10. The molecule has 25 heavy (non-hydrogen) atoms. The van der Waals surface area contributed by atoms with Gasteiger partial charge >= 0.3 is 0 Å². The van der Waals surface area contributed by atoms with Gasteiger partial charge in [0.1, 0.15) is 5.71 Å². The molecule has 0 saturated heterocycles. The molecule has 0 aromatic carbocycles. The molecule has 0 radical (unpaired) electrons. The molecule has 0 spiro atoms. The Morgan fingerprint density at radius 2 is 2.24 bits per heavy atom. The first-order chi connectivity index (χ1) is 12.2. The lowest BCUT2D eigenvalue weighted by Crippen LogP contribution is -2.24. The molecule has 0 amide bonds. The lowest BCUT2D eigenvalue weighted by Gasteiger charge is -2.15. The van der Waals surface area contributed by atoms with Gasteiger partial charge in [0, 0.05) is 25.0 Å². The van der Waals surface area contributed by atoms with E-state index < -0.39 is 0 Å². The summed E-state index contributed by atoms with van der Waals surface area (Å²) in [6.07, 6.45) is 4.67. The summed E-state index contributed by atoms with van der Waals surface area (Å²) in [7, 11) is 0. The third-order valence-electron chi connectivity index (χ3n) is 3.72. The number of pyridine rings is 1. The molecule has 132 valence electrons. The van der Waals surface area contributed by atoms with Crippen LogP contribution in [0.5, 0.6) is 0 Å². The zero-order valence-corrected chi connectivity index (χ0v) is 15.6. The summed E-state index contributed by atoms with van der Waals surface area (Å²) in [5.74, 6) is 0. The van der Waals surface area contributed by atoms with E-state index >= 15 is 0 Å². The van der Waals surface area contributed by atoms with E-state index in [0.717, 1.165) is 40.5 Å². The van der Waals surface area contributed by atoms with Crippen molar-refractivity contribution in [2.75, 3.05) is 13.2 Å². The summed E-state index contributed by atoms with van der Waals surface area (Å²) < 4.78 is 0. The molecule has 0 bridgehead atoms. The average Bonchev–Trinajstić information content (AvgIpc) is 3.12. The highest BCUT2D eigenvalue weighted by molar-refractivity contribution is 7.13. The van der Waals surface area contributed by atoms with Crippen LogP contribution in [-0.4, -0.2) is 30.6 Å². The first kappa shape index (κ1) is 19.0. The van der Waals surface area contributed by atoms with E-state index in [1.54, 1.807) is 17.5 Å². The summed E-state index contributed by atoms with van der Waals surface area (Å²) in [5.41, 5.74) is 3.61. The minimum absolute atomic E-state index is 0.163. The summed E-state index contributed by atoms with van der Waals surface area (Å²) in [5, 5.41) is 8.72. The van der Waals surface area contributed by atoms with Gasteiger partial charge in [0.05, 0.1) is 22.9 Å². The number of rotatable bonds is 10. The molecular formula is C19H25N5S. The highest BCUT2D eigenvalue weighted by atomic mass is 32.1. The molecule has 6 heteroatoms. The maximum Gasteiger partial charge on any atom is 0.101 e. The molecule has 2 N–H and O–H groups in total. The van der Waals surface area contributed by atoms with Crippen LogP contribution in [0.4, 0.5) is 5.69 Å². The largest absolute Gasteiger partial charge is 0.384 e. The maximum atomic E-state index is 4.74. The monoisotopic (exact) mass is 355 g/mol. The normalized spacial score (nSPS) is 12.6. The van der Waals surface area contributed by atoms with Crippen molar-refractivity contribution in [1.82, 2.24) is 15.6 Å². The number of thiophene rings is 1. The van der Waals surface area contributed by atoms with Crippen molar-refractivity contribution >= 4 is 29.5 Å². The zero-order valence-electron chi connectivity index (χ0n) is 14.8. The minimum Gasteiger partial charge on any atom is -0.384 e. The van der Waals surface area contributed by atoms with Crippen LogP contribution >= 0.6 is 11.3 Å². The van der Waals surface area contributed by atoms with Crippen LogP contribution in [0.2, 0.25) is 0 Å². The second-order valence-corrected chi connectivity index (χ2v) is 6.49. The fraction of sp³-hybridized carbons (Fsp3) is 0.316. The van der Waals surface area contributed by atoms with E-state index in [9.17, 15) is 0 Å². The molecule has 0 aliphatic rings. The Balaban J connectivity index is 2.13. The number of allylic oxidation sites excluding steroid dienone is 1. The van der Waals surface area contributed by atoms with Crippen LogP contribution in [0.1, 0.15) is 36.8 Å². The van der Waals surface area contributed by atoms with E-state index in [1.807, 2.05) is 23.7 Å². The Morgan fingerprint density at radius 3 is 2.92 bits per heavy atom. The lowest BCUT2D eigenvalue weighted by molar-refractivity contribution is 0.587. The van der Waals surface area contributed by atoms with Gasteiger partial charge in [-0.2, -0.15) is 0 Å². The van der Waals surface area contributed by atoms with Crippen molar-refractivity contribution in [2.45, 2.75) is 26.3 Å². The fourth-order valence-corrected chi connectivity index (χ4v) is 3.17. The van der Waals surface area contributed by atoms with Gasteiger partial charge in [-0.3, -0.25) is 20.3 Å². The third kappa shape index (κ3) is 5.34. The fourth-order valence-electron chi connectivity index (χ4n) is 2.28. The van der Waals surface area contributed by atoms with Crippen molar-refractivity contribution in [1.29, 1.82) is 0 Å². The van der Waals surface area contributed by atoms with Gasteiger partial charge in [0.15, 0.2) is 0 Å². The van der Waals surface area contributed by atoms with E-state index in [1.165, 1.54) is 0 Å². The van der Waals surface area contributed by atoms with Crippen molar-refractivity contribution in [3.05, 3.63) is 58.7 Å². The van der Waals surface area contributed by atoms with Gasteiger partial charge in [-0.25, -0.2) is 0 Å². The van der Waals surface area contributed by atoms with Gasteiger partial charge in [-0.15, -0.1) is 11.3 Å². The molecule has 0 aliphatic heterocycles. The molecule has 0 saturated carbocycles. The predicted molar refractivity (Wildman–Crippen MR) is 108 cm³/mol. The molecule has 5 nitrogen and oxygen atoms in total. The van der Waals surface area contributed by atoms with Crippen LogP contribution in [0.3, 0.4) is 0 Å². The molecular weight excluding hydrogens is 330 g/mol. The second-order valence-electron chi connectivity index (χ2n) is 5.58. The number of nitrogens with one attached hydrogen (secondary N) is 2. The Bertz CT molecular complexity index is 720. The molecule has 2 rings (SSSR count). The van der Waals surface area contributed by atoms with Gasteiger partial charge in [-0.1, -0.05) is 19.6 Å². The average molecular weight is 356 g/mol. The Kier molecular flexibility index (Phi) is 7.50. The summed E-state index contributed by atoms with van der Waals surface area (Å²) in [4.78, 5) is 14.0. The first-order valence-electron chi connectivity index (χ1n) is 8.32. The van der Waals surface area contributed by atoms with Crippen LogP contribution in [0.15, 0.2) is 58.2 Å². The van der Waals surface area contributed by atoms with Crippen LogP contribution in [0, 0.1) is 0 Å². The van der Waals surface area contributed by atoms with Crippen molar-refractivity contribution in [3.8, 4) is 0 Å². The Morgan fingerprint density at radius 1 is 1.40 bits per heavy atom. The molecule has 2 aromatic heterocycles. The smallest absolute Gasteiger partial charge is 0.101 e. The summed E-state index contributed by atoms with van der Waals surface area (Å²) in [6.45, 7) is 13.3. The predicted octanol–water partition coefficient (Wildman–Crippen LogP) is 4.09. The Hall–Kier alpha value is -2.31. The first-order valence-corrected chi connectivity index (χ1v) is 9.20. The molecule has 0 fully saturated rings. The van der Waals surface area contributed by atoms with E-state index in [0.29, 0.717) is 6.67 Å². The molecule has 2 aromatic rings. The number of hydrogen-bond acceptors (Lipinski definition) is 6. The highest BCUT2D eigenvalue weighted by Gasteiger charge is 2.14. The minimum atomic E-state index is 0.163. The molecule has 1 unspecified atom stereocenters. The van der Waals surface area contributed by atoms with Crippen LogP contribution in [0.25, 0.3) is 0 Å². The third-order valence-corrected chi connectivity index (χ3v) is 4.63. The standard InChI is InChI=1S/C19H25N5S/c1-5-9-22-15(3)18(19-17(20-4)8-11-25-19)24-13-23-14(2)16-7-6-10-21-12-16/h6-8,10-12,14,22-23H,3-5,9,13H2,1-2H3/b24-18-. The molecule has 1 atom stereocenters. The number of hydrogen-bond donors (Lipinski definition) is 2. The van der Waals surface area contributed by atoms with Crippen LogP contribution in [-0.2, 0) is 0 Å². The summed E-state index contributed by atoms with van der Waals surface area (Å²) >= 11 is 1.60. The topological polar surface area (TPSA) is 61.7 Å². The van der Waals surface area contributed by atoms with E-state index in [4.69, 9.17) is 4.99 Å². The van der Waals surface area contributed by atoms with E-state index in [-0.39, 0.29) is 6.04 Å². The van der Waals surface area contributed by atoms with Crippen LogP contribution < -0.4 is 10.6 Å². The Labute approximate surface area is 153 Å². The van der Waals surface area contributed by atoms with Crippen molar-refractivity contribution in [2.24, 2.45) is 9.98 Å². The van der Waals surface area contributed by atoms with Crippen molar-refractivity contribution < 1.29 is 0 Å². The van der Waals surface area contributed by atoms with Gasteiger partial charge in [-0.05, 0) is 43.1 Å². The molecule has 2 heterocycles. The number of aliphatic imine (C=N–C) groups is 2. The van der Waals surface area contributed by atoms with Gasteiger partial charge < -0.3 is 5.32 Å². The lowest BCUT2D eigenvalue weighted by atomic mass is 10.1. The quantitative estimate of drug-likeness (QED) is 0.631. The SMILES string of the molecule is C=Nc1ccsc1/C(=N\CNC(C)c1cccnc1)C(=C)NCCC. The second kappa shape index (κ2) is 9.86. The van der Waals surface area contributed by atoms with Gasteiger partial charge in [0.2, 0.25) is 0 Å². The van der Waals surface area contributed by atoms with Gasteiger partial charge in [0.25, 0.3) is 0 Å². The number of nitrogens with zero attached hydrogens (tertiary/aromatic N) is 3. The molecule has 0 aliphatic carbocycles. The highest BCUT2D eigenvalue weighted by Crippen LogP contribution is 2.27. The van der Waals surface area contributed by atoms with E-state index in [2.05, 4.69) is 53.8 Å². The zero-order chi connectivity index (χ0) is 18.1. The van der Waals surface area contributed by atoms with Crippen molar-refractivity contribution in [3.63, 3.8) is 0 Å². The maximum absolute atomic E-state index is 4.74.